The Hall–Kier alpha value is -1.63. The summed E-state index contributed by atoms with van der Waals surface area (Å²) >= 11 is 0. The van der Waals surface area contributed by atoms with Gasteiger partial charge in [-0.3, -0.25) is 0 Å². The second kappa shape index (κ2) is 3.09. The zero-order chi connectivity index (χ0) is 12.6. The lowest BCUT2D eigenvalue weighted by Gasteiger charge is -2.45. The van der Waals surface area contributed by atoms with E-state index in [1.165, 1.54) is 0 Å². The van der Waals surface area contributed by atoms with Gasteiger partial charge < -0.3 is 24.5 Å². The highest BCUT2D eigenvalue weighted by molar-refractivity contribution is 5.79. The largest absolute Gasteiger partial charge is 0.366 e. The van der Waals surface area contributed by atoms with Crippen molar-refractivity contribution in [3.63, 3.8) is 0 Å². The van der Waals surface area contributed by atoms with Crippen LogP contribution in [0.1, 0.15) is 12.5 Å². The van der Waals surface area contributed by atoms with Crippen LogP contribution in [0.2, 0.25) is 0 Å². The van der Waals surface area contributed by atoms with Crippen LogP contribution in [0.15, 0.2) is 24.3 Å². The Balaban J connectivity index is 1.79. The first kappa shape index (κ1) is 10.2. The van der Waals surface area contributed by atoms with E-state index in [4.69, 9.17) is 9.47 Å². The lowest BCUT2D eigenvalue weighted by molar-refractivity contribution is -0.214. The number of imidazole rings is 1. The molecule has 6 nitrogen and oxygen atoms in total. The van der Waals surface area contributed by atoms with Crippen LogP contribution in [-0.2, 0) is 9.47 Å². The summed E-state index contributed by atoms with van der Waals surface area (Å²) in [5, 5.41) is 13.7. The van der Waals surface area contributed by atoms with Gasteiger partial charge >= 0.3 is 0 Å². The van der Waals surface area contributed by atoms with Crippen molar-refractivity contribution in [2.75, 3.05) is 11.9 Å². The highest BCUT2D eigenvalue weighted by atomic mass is 16.7. The molecule has 0 amide bonds. The van der Waals surface area contributed by atoms with E-state index >= 15 is 0 Å². The highest BCUT2D eigenvalue weighted by Gasteiger charge is 2.57. The topological polar surface area (TPSA) is 68.5 Å². The molecule has 0 saturated carbocycles. The predicted molar refractivity (Wildman–Crippen MR) is 66.6 cm³/mol. The number of hydrogen-bond acceptors (Lipinski definition) is 5. The Bertz CT molecular complexity index is 685. The third-order valence-electron chi connectivity index (χ3n) is 4.31. The third kappa shape index (κ3) is 1.14. The number of fused-ring (bicyclic) bond motifs is 10. The molecule has 1 aromatic heterocycles. The van der Waals surface area contributed by atoms with Crippen molar-refractivity contribution in [2.45, 2.75) is 30.6 Å². The number of aromatic nitrogens is 2. The molecule has 6 heteroatoms. The zero-order valence-corrected chi connectivity index (χ0v) is 10.1. The van der Waals surface area contributed by atoms with Gasteiger partial charge in [0.05, 0.1) is 23.7 Å². The Morgan fingerprint density at radius 2 is 2.32 bits per heavy atom. The average Bonchev–Trinajstić information content (AvgIpc) is 2.99. The number of aliphatic hydroxyl groups is 1. The second-order valence-corrected chi connectivity index (χ2v) is 5.45. The molecule has 2 fully saturated rings. The van der Waals surface area contributed by atoms with Crippen LogP contribution in [0.25, 0.3) is 11.0 Å². The molecule has 0 unspecified atom stereocenters. The minimum atomic E-state index is -1.17. The standard InChI is InChI=1S/C13H13N3O3/c17-13-5-9(10-6-18-11(13)19-10)16-8-4-2-1-3-7(8)14-12(16)15-13/h1-4,9-11,17H,5-6H2,(H,14,15)/t9-,10-,11-,13-/m0/s1. The first-order valence-electron chi connectivity index (χ1n) is 6.49. The number of nitrogens with one attached hydrogen (secondary N) is 1. The number of anilines is 1. The van der Waals surface area contributed by atoms with Crippen LogP contribution in [0.5, 0.6) is 0 Å². The van der Waals surface area contributed by atoms with E-state index < -0.39 is 12.0 Å². The van der Waals surface area contributed by atoms with Crippen molar-refractivity contribution in [2.24, 2.45) is 0 Å². The number of para-hydroxylation sites is 2. The van der Waals surface area contributed by atoms with Crippen LogP contribution < -0.4 is 5.32 Å². The second-order valence-electron chi connectivity index (χ2n) is 5.45. The minimum Gasteiger partial charge on any atom is -0.366 e. The first-order chi connectivity index (χ1) is 9.24. The van der Waals surface area contributed by atoms with E-state index in [0.29, 0.717) is 19.0 Å². The molecule has 4 bridgehead atoms. The fraction of sp³-hybridized carbons (Fsp3) is 0.462. The molecule has 0 spiro atoms. The van der Waals surface area contributed by atoms with Crippen molar-refractivity contribution >= 4 is 17.0 Å². The normalized spacial score (nSPS) is 39.1. The van der Waals surface area contributed by atoms with Crippen molar-refractivity contribution < 1.29 is 14.6 Å². The van der Waals surface area contributed by atoms with Crippen LogP contribution >= 0.6 is 0 Å². The summed E-state index contributed by atoms with van der Waals surface area (Å²) in [6.07, 6.45) is -0.0265. The van der Waals surface area contributed by atoms with Gasteiger partial charge in [-0.25, -0.2) is 4.98 Å². The Morgan fingerprint density at radius 1 is 1.42 bits per heavy atom. The lowest BCUT2D eigenvalue weighted by atomic mass is 9.94. The SMILES string of the molecule is O[C@@]12C[C@@H]([C@@H]3CO[C@H]1O3)n1c(nc3ccccc31)N2. The van der Waals surface area contributed by atoms with Crippen molar-refractivity contribution in [1.82, 2.24) is 9.55 Å². The van der Waals surface area contributed by atoms with Crippen LogP contribution in [-0.4, -0.2) is 39.4 Å². The molecule has 3 aliphatic rings. The van der Waals surface area contributed by atoms with Gasteiger partial charge in [0.25, 0.3) is 0 Å². The van der Waals surface area contributed by atoms with E-state index in [0.717, 1.165) is 11.0 Å². The fourth-order valence-corrected chi connectivity index (χ4v) is 3.45. The number of nitrogens with zero attached hydrogens (tertiary/aromatic N) is 2. The van der Waals surface area contributed by atoms with Gasteiger partial charge in [-0.15, -0.1) is 0 Å². The fourth-order valence-electron chi connectivity index (χ4n) is 3.45. The summed E-state index contributed by atoms with van der Waals surface area (Å²) in [5.41, 5.74) is 0.818. The van der Waals surface area contributed by atoms with E-state index in [9.17, 15) is 5.11 Å². The quantitative estimate of drug-likeness (QED) is 0.733. The summed E-state index contributed by atoms with van der Waals surface area (Å²) in [4.78, 5) is 4.56. The molecule has 19 heavy (non-hydrogen) atoms. The average molecular weight is 259 g/mol. The van der Waals surface area contributed by atoms with Gasteiger partial charge in [-0.1, -0.05) is 12.1 Å². The van der Waals surface area contributed by atoms with Gasteiger partial charge in [0.2, 0.25) is 12.2 Å². The van der Waals surface area contributed by atoms with Gasteiger partial charge in [-0.05, 0) is 12.1 Å². The molecule has 4 atom stereocenters. The van der Waals surface area contributed by atoms with Crippen molar-refractivity contribution in [1.29, 1.82) is 0 Å². The zero-order valence-electron chi connectivity index (χ0n) is 10.1. The molecular formula is C13H13N3O3. The maximum atomic E-state index is 10.6. The first-order valence-corrected chi connectivity index (χ1v) is 6.49. The Kier molecular flexibility index (Phi) is 1.66. The smallest absolute Gasteiger partial charge is 0.206 e. The number of hydrogen-bond donors (Lipinski definition) is 2. The van der Waals surface area contributed by atoms with E-state index in [-0.39, 0.29) is 12.1 Å². The van der Waals surface area contributed by atoms with E-state index in [1.807, 2.05) is 24.3 Å². The summed E-state index contributed by atoms with van der Waals surface area (Å²) < 4.78 is 13.4. The van der Waals surface area contributed by atoms with Gasteiger partial charge in [0.15, 0.2) is 5.72 Å². The van der Waals surface area contributed by atoms with E-state index in [2.05, 4.69) is 14.9 Å². The van der Waals surface area contributed by atoms with Gasteiger partial charge in [0, 0.05) is 6.42 Å². The molecule has 98 valence electrons. The van der Waals surface area contributed by atoms with Crippen molar-refractivity contribution in [3.8, 4) is 0 Å². The third-order valence-corrected chi connectivity index (χ3v) is 4.31. The van der Waals surface area contributed by atoms with Crippen molar-refractivity contribution in [3.05, 3.63) is 24.3 Å². The predicted octanol–water partition coefficient (Wildman–Crippen LogP) is 0.837. The number of rotatable bonds is 0. The van der Waals surface area contributed by atoms with Crippen LogP contribution in [0.3, 0.4) is 0 Å². The Morgan fingerprint density at radius 3 is 3.26 bits per heavy atom. The molecule has 5 rings (SSSR count). The molecular weight excluding hydrogens is 246 g/mol. The van der Waals surface area contributed by atoms with Crippen LogP contribution in [0, 0.1) is 0 Å². The Labute approximate surface area is 108 Å². The molecule has 2 saturated heterocycles. The maximum Gasteiger partial charge on any atom is 0.206 e. The molecule has 3 aliphatic heterocycles. The highest BCUT2D eigenvalue weighted by Crippen LogP contribution is 2.47. The molecule has 2 N–H and O–H groups in total. The molecule has 4 heterocycles. The van der Waals surface area contributed by atoms with Crippen LogP contribution in [0.4, 0.5) is 5.95 Å². The monoisotopic (exact) mass is 259 g/mol. The summed E-state index contributed by atoms with van der Waals surface area (Å²) in [6, 6.07) is 8.04. The molecule has 1 aromatic carbocycles. The van der Waals surface area contributed by atoms with E-state index in [1.54, 1.807) is 0 Å². The number of ether oxygens (including phenoxy) is 2. The van der Waals surface area contributed by atoms with Gasteiger partial charge in [-0.2, -0.15) is 0 Å². The molecule has 2 aromatic rings. The maximum absolute atomic E-state index is 10.6. The molecule has 0 radical (unpaired) electrons. The van der Waals surface area contributed by atoms with Gasteiger partial charge in [0.1, 0.15) is 6.10 Å². The summed E-state index contributed by atoms with van der Waals surface area (Å²) in [6.45, 7) is 0.519. The lowest BCUT2D eigenvalue weighted by Crippen LogP contribution is -2.58. The summed E-state index contributed by atoms with van der Waals surface area (Å²) in [5.74, 6) is 0.698. The number of benzene rings is 1. The molecule has 0 aliphatic carbocycles. The minimum absolute atomic E-state index is 0.0104. The summed E-state index contributed by atoms with van der Waals surface area (Å²) in [7, 11) is 0.